The summed E-state index contributed by atoms with van der Waals surface area (Å²) in [5.41, 5.74) is 0.234. The molecule has 13 heavy (non-hydrogen) atoms. The zero-order chi connectivity index (χ0) is 10.5. The Balaban J connectivity index is 4.34. The summed E-state index contributed by atoms with van der Waals surface area (Å²) in [5, 5.41) is 0.0394. The largest absolute Gasteiger partial charge is 0.0753 e. The topological polar surface area (TPSA) is 0 Å². The molecule has 0 aliphatic carbocycles. The predicted molar refractivity (Wildman–Crippen MR) is 62.3 cm³/mol. The van der Waals surface area contributed by atoms with Crippen molar-refractivity contribution in [1.29, 1.82) is 0 Å². The summed E-state index contributed by atoms with van der Waals surface area (Å²) in [7, 11) is 6.47. The van der Waals surface area contributed by atoms with E-state index in [1.54, 1.807) is 0 Å². The second-order valence-electron chi connectivity index (χ2n) is 5.26. The summed E-state index contributed by atoms with van der Waals surface area (Å²) < 4.78 is 0. The lowest BCUT2D eigenvalue weighted by atomic mass is 9.50. The van der Waals surface area contributed by atoms with Gasteiger partial charge in [-0.15, -0.1) is 0 Å². The van der Waals surface area contributed by atoms with Crippen molar-refractivity contribution in [2.75, 3.05) is 0 Å². The van der Waals surface area contributed by atoms with Crippen molar-refractivity contribution in [1.82, 2.24) is 0 Å². The summed E-state index contributed by atoms with van der Waals surface area (Å²) in [6.45, 7) is 11.2. The molecule has 0 amide bonds. The maximum absolute atomic E-state index is 6.47. The lowest BCUT2D eigenvalue weighted by Gasteiger charge is -2.43. The molecule has 0 N–H and O–H groups in total. The minimum Gasteiger partial charge on any atom is -0.0654 e. The third-order valence-electron chi connectivity index (χ3n) is 3.17. The molecule has 76 valence electrons. The van der Waals surface area contributed by atoms with Crippen LogP contribution in [0.15, 0.2) is 0 Å². The predicted octanol–water partition coefficient (Wildman–Crippen LogP) is 4.35. The van der Waals surface area contributed by atoms with Gasteiger partial charge in [0.25, 0.3) is 0 Å². The van der Waals surface area contributed by atoms with Gasteiger partial charge in [-0.1, -0.05) is 72.0 Å². The maximum Gasteiger partial charge on any atom is 0.0753 e. The van der Waals surface area contributed by atoms with Crippen molar-refractivity contribution in [3.63, 3.8) is 0 Å². The van der Waals surface area contributed by atoms with E-state index in [1.165, 1.54) is 25.7 Å². The minimum absolute atomic E-state index is 0.0394. The first-order chi connectivity index (χ1) is 5.87. The smallest absolute Gasteiger partial charge is 0.0654 e. The Morgan fingerprint density at radius 3 is 1.77 bits per heavy atom. The average molecular weight is 180 g/mol. The Bertz CT molecular complexity index is 135. The monoisotopic (exact) mass is 180 g/mol. The van der Waals surface area contributed by atoms with Gasteiger partial charge in [0.15, 0.2) is 0 Å². The summed E-state index contributed by atoms with van der Waals surface area (Å²) in [6.07, 6.45) is 6.02. The van der Waals surface area contributed by atoms with Gasteiger partial charge in [-0.05, 0) is 5.41 Å². The first-order valence-electron chi connectivity index (χ1n) is 5.66. The Morgan fingerprint density at radius 1 is 0.923 bits per heavy atom. The third-order valence-corrected chi connectivity index (χ3v) is 3.17. The SMILES string of the molecule is [B]C(CCC)(CCCC)C(C)(C)C. The summed E-state index contributed by atoms with van der Waals surface area (Å²) in [6, 6.07) is 0. The summed E-state index contributed by atoms with van der Waals surface area (Å²) in [5.74, 6) is 0. The van der Waals surface area contributed by atoms with E-state index in [4.69, 9.17) is 7.85 Å². The lowest BCUT2D eigenvalue weighted by Crippen LogP contribution is -2.29. The van der Waals surface area contributed by atoms with E-state index in [9.17, 15) is 0 Å². The molecule has 0 aliphatic heterocycles. The van der Waals surface area contributed by atoms with Gasteiger partial charge in [0.2, 0.25) is 0 Å². The zero-order valence-electron chi connectivity index (χ0n) is 10.1. The number of hydrogen-bond donors (Lipinski definition) is 0. The van der Waals surface area contributed by atoms with E-state index in [-0.39, 0.29) is 10.7 Å². The van der Waals surface area contributed by atoms with Crippen molar-refractivity contribution in [3.8, 4) is 0 Å². The molecular weight excluding hydrogens is 155 g/mol. The summed E-state index contributed by atoms with van der Waals surface area (Å²) >= 11 is 0. The van der Waals surface area contributed by atoms with Crippen molar-refractivity contribution < 1.29 is 0 Å². The molecule has 0 heterocycles. The first-order valence-corrected chi connectivity index (χ1v) is 5.66. The highest BCUT2D eigenvalue weighted by Crippen LogP contribution is 2.50. The molecule has 0 spiro atoms. The van der Waals surface area contributed by atoms with Crippen molar-refractivity contribution in [3.05, 3.63) is 0 Å². The number of unbranched alkanes of at least 4 members (excludes halogenated alkanes) is 1. The first kappa shape index (κ1) is 13.1. The highest BCUT2D eigenvalue weighted by atomic mass is 14.4. The Kier molecular flexibility index (Phi) is 5.10. The second-order valence-corrected chi connectivity index (χ2v) is 5.26. The van der Waals surface area contributed by atoms with Gasteiger partial charge in [0.1, 0.15) is 0 Å². The fourth-order valence-corrected chi connectivity index (χ4v) is 1.81. The van der Waals surface area contributed by atoms with Gasteiger partial charge >= 0.3 is 0 Å². The normalized spacial score (nSPS) is 17.0. The molecule has 0 saturated carbocycles. The van der Waals surface area contributed by atoms with Crippen molar-refractivity contribution >= 4 is 7.85 Å². The van der Waals surface area contributed by atoms with Gasteiger partial charge < -0.3 is 0 Å². The van der Waals surface area contributed by atoms with Gasteiger partial charge in [0, 0.05) is 0 Å². The van der Waals surface area contributed by atoms with Gasteiger partial charge in [-0.2, -0.15) is 0 Å². The highest BCUT2D eigenvalue weighted by Gasteiger charge is 2.34. The van der Waals surface area contributed by atoms with Crippen LogP contribution >= 0.6 is 0 Å². The van der Waals surface area contributed by atoms with Crippen molar-refractivity contribution in [2.45, 2.75) is 72.0 Å². The quantitative estimate of drug-likeness (QED) is 0.551. The van der Waals surface area contributed by atoms with Crippen LogP contribution in [0.3, 0.4) is 0 Å². The minimum atomic E-state index is 0.0394. The zero-order valence-corrected chi connectivity index (χ0v) is 10.1. The fourth-order valence-electron chi connectivity index (χ4n) is 1.81. The van der Waals surface area contributed by atoms with E-state index in [1.807, 2.05) is 0 Å². The molecule has 0 aromatic carbocycles. The number of rotatable bonds is 5. The van der Waals surface area contributed by atoms with Crippen molar-refractivity contribution in [2.24, 2.45) is 5.41 Å². The Labute approximate surface area is 85.9 Å². The molecule has 2 radical (unpaired) electrons. The van der Waals surface area contributed by atoms with Gasteiger partial charge in [0.05, 0.1) is 7.85 Å². The molecule has 0 aromatic heterocycles. The van der Waals surface area contributed by atoms with Crippen LogP contribution in [0, 0.1) is 5.41 Å². The molecule has 0 aliphatic rings. The molecule has 1 heteroatoms. The van der Waals surface area contributed by atoms with Crippen LogP contribution in [0.4, 0.5) is 0 Å². The molecule has 0 rings (SSSR count). The van der Waals surface area contributed by atoms with Crippen LogP contribution < -0.4 is 0 Å². The molecular formula is C12H25B. The van der Waals surface area contributed by atoms with Crippen LogP contribution in [0.2, 0.25) is 5.31 Å². The van der Waals surface area contributed by atoms with Crippen LogP contribution in [-0.4, -0.2) is 7.85 Å². The third kappa shape index (κ3) is 3.75. The van der Waals surface area contributed by atoms with E-state index in [2.05, 4.69) is 34.6 Å². The van der Waals surface area contributed by atoms with E-state index >= 15 is 0 Å². The van der Waals surface area contributed by atoms with E-state index in [0.29, 0.717) is 0 Å². The molecule has 0 bridgehead atoms. The maximum atomic E-state index is 6.47. The molecule has 1 atom stereocenters. The second kappa shape index (κ2) is 5.07. The number of hydrogen-bond acceptors (Lipinski definition) is 0. The van der Waals surface area contributed by atoms with Crippen LogP contribution in [0.1, 0.15) is 66.7 Å². The molecule has 0 nitrogen and oxygen atoms in total. The van der Waals surface area contributed by atoms with E-state index < -0.39 is 0 Å². The molecule has 0 fully saturated rings. The van der Waals surface area contributed by atoms with E-state index in [0.717, 1.165) is 6.42 Å². The fraction of sp³-hybridized carbons (Fsp3) is 1.00. The van der Waals surface area contributed by atoms with Crippen LogP contribution in [0.5, 0.6) is 0 Å². The average Bonchev–Trinajstić information content (AvgIpc) is 1.99. The summed E-state index contributed by atoms with van der Waals surface area (Å²) in [4.78, 5) is 0. The molecule has 0 saturated heterocycles. The molecule has 0 aromatic rings. The Morgan fingerprint density at radius 2 is 1.46 bits per heavy atom. The lowest BCUT2D eigenvalue weighted by molar-refractivity contribution is 0.226. The van der Waals surface area contributed by atoms with Gasteiger partial charge in [-0.3, -0.25) is 0 Å². The molecule has 1 unspecified atom stereocenters. The van der Waals surface area contributed by atoms with Crippen LogP contribution in [-0.2, 0) is 0 Å². The van der Waals surface area contributed by atoms with Gasteiger partial charge in [-0.25, -0.2) is 0 Å². The Hall–Kier alpha value is 0.0649. The highest BCUT2D eigenvalue weighted by molar-refractivity contribution is 6.15. The standard InChI is InChI=1S/C12H25B/c1-6-8-10-12(13,9-7-2)11(3,4)5/h6-10H2,1-5H3. The van der Waals surface area contributed by atoms with Crippen LogP contribution in [0.25, 0.3) is 0 Å².